The fourth-order valence-corrected chi connectivity index (χ4v) is 2.94. The van der Waals surface area contributed by atoms with Gasteiger partial charge in [0.1, 0.15) is 0 Å². The van der Waals surface area contributed by atoms with E-state index in [1.54, 1.807) is 0 Å². The molecule has 5 nitrogen and oxygen atoms in total. The van der Waals surface area contributed by atoms with E-state index < -0.39 is 0 Å². The molecule has 1 fully saturated rings. The number of nitrogens with one attached hydrogen (secondary N) is 1. The highest BCUT2D eigenvalue weighted by molar-refractivity contribution is 5.99. The lowest BCUT2D eigenvalue weighted by Gasteiger charge is -2.16. The molecular formula is C16H19N5. The van der Waals surface area contributed by atoms with Crippen molar-refractivity contribution in [3.05, 3.63) is 30.1 Å². The highest BCUT2D eigenvalue weighted by Crippen LogP contribution is 2.34. The van der Waals surface area contributed by atoms with E-state index in [-0.39, 0.29) is 0 Å². The van der Waals surface area contributed by atoms with Crippen molar-refractivity contribution in [2.45, 2.75) is 39.2 Å². The number of benzene rings is 1. The molecule has 2 aromatic heterocycles. The minimum absolute atomic E-state index is 0.433. The summed E-state index contributed by atoms with van der Waals surface area (Å²) in [7, 11) is 0. The van der Waals surface area contributed by atoms with E-state index >= 15 is 0 Å². The number of hydrogen-bond donors (Lipinski definition) is 1. The smallest absolute Gasteiger partial charge is 0.185 e. The van der Waals surface area contributed by atoms with Crippen molar-refractivity contribution in [1.82, 2.24) is 19.8 Å². The van der Waals surface area contributed by atoms with Crippen molar-refractivity contribution >= 4 is 22.2 Å². The number of hydrogen-bond acceptors (Lipinski definition) is 4. The van der Waals surface area contributed by atoms with Crippen LogP contribution in [-0.4, -0.2) is 25.9 Å². The van der Waals surface area contributed by atoms with E-state index in [4.69, 9.17) is 5.10 Å². The van der Waals surface area contributed by atoms with Crippen LogP contribution < -0.4 is 5.32 Å². The van der Waals surface area contributed by atoms with Crippen LogP contribution in [0.5, 0.6) is 0 Å². The molecule has 1 aliphatic carbocycles. The number of anilines is 1. The van der Waals surface area contributed by atoms with Crippen LogP contribution in [0.25, 0.3) is 16.4 Å². The van der Waals surface area contributed by atoms with E-state index in [0.717, 1.165) is 34.0 Å². The first-order chi connectivity index (χ1) is 10.2. The monoisotopic (exact) mass is 281 g/mol. The first-order valence-electron chi connectivity index (χ1n) is 7.59. The summed E-state index contributed by atoms with van der Waals surface area (Å²) in [6.07, 6.45) is 3.97. The SMILES string of the molecule is Cc1nnc2c3ccccc3c(NC(C)CC3CC3)nn12. The first-order valence-corrected chi connectivity index (χ1v) is 7.59. The van der Waals surface area contributed by atoms with Crippen LogP contribution in [0.4, 0.5) is 5.82 Å². The molecule has 1 N–H and O–H groups in total. The zero-order valence-electron chi connectivity index (χ0n) is 12.4. The van der Waals surface area contributed by atoms with Gasteiger partial charge >= 0.3 is 0 Å². The van der Waals surface area contributed by atoms with Crippen molar-refractivity contribution in [2.75, 3.05) is 5.32 Å². The van der Waals surface area contributed by atoms with E-state index in [2.05, 4.69) is 34.6 Å². The fourth-order valence-electron chi connectivity index (χ4n) is 2.94. The Morgan fingerprint density at radius 1 is 1.24 bits per heavy atom. The molecule has 0 aliphatic heterocycles. The summed E-state index contributed by atoms with van der Waals surface area (Å²) >= 11 is 0. The quantitative estimate of drug-likeness (QED) is 0.798. The molecular weight excluding hydrogens is 262 g/mol. The van der Waals surface area contributed by atoms with Crippen molar-refractivity contribution < 1.29 is 0 Å². The molecule has 2 heterocycles. The normalized spacial score (nSPS) is 16.5. The third kappa shape index (κ3) is 2.22. The Labute approximate surface area is 123 Å². The summed E-state index contributed by atoms with van der Waals surface area (Å²) in [6, 6.07) is 8.68. The highest BCUT2D eigenvalue weighted by atomic mass is 15.4. The summed E-state index contributed by atoms with van der Waals surface area (Å²) in [5.41, 5.74) is 0.823. The minimum Gasteiger partial charge on any atom is -0.366 e. The second kappa shape index (κ2) is 4.69. The Hall–Kier alpha value is -2.17. The van der Waals surface area contributed by atoms with Gasteiger partial charge in [-0.05, 0) is 26.2 Å². The zero-order chi connectivity index (χ0) is 14.4. The van der Waals surface area contributed by atoms with Crippen LogP contribution in [0.1, 0.15) is 32.0 Å². The van der Waals surface area contributed by atoms with Crippen LogP contribution in [0, 0.1) is 12.8 Å². The van der Waals surface area contributed by atoms with Gasteiger partial charge in [-0.1, -0.05) is 37.1 Å². The number of fused-ring (bicyclic) bond motifs is 3. The largest absolute Gasteiger partial charge is 0.366 e. The van der Waals surface area contributed by atoms with E-state index in [1.807, 2.05) is 23.6 Å². The van der Waals surface area contributed by atoms with Gasteiger partial charge in [-0.25, -0.2) is 0 Å². The van der Waals surface area contributed by atoms with Gasteiger partial charge in [0.15, 0.2) is 17.3 Å². The van der Waals surface area contributed by atoms with Crippen LogP contribution in [0.2, 0.25) is 0 Å². The van der Waals surface area contributed by atoms with Gasteiger partial charge in [0.2, 0.25) is 0 Å². The maximum Gasteiger partial charge on any atom is 0.185 e. The second-order valence-corrected chi connectivity index (χ2v) is 6.10. The summed E-state index contributed by atoms with van der Waals surface area (Å²) in [5.74, 6) is 2.64. The third-order valence-electron chi connectivity index (χ3n) is 4.19. The predicted octanol–water partition coefficient (Wildman–Crippen LogP) is 3.19. The molecule has 1 aliphatic rings. The molecule has 0 amide bonds. The molecule has 3 aromatic rings. The Morgan fingerprint density at radius 3 is 2.76 bits per heavy atom. The standard InChI is InChI=1S/C16H19N5/c1-10(9-12-7-8-12)17-15-13-5-3-4-6-14(13)16-19-18-11(2)21(16)20-15/h3-6,10,12H,7-9H2,1-2H3,(H,17,20). The van der Waals surface area contributed by atoms with Gasteiger partial charge in [0.05, 0.1) is 0 Å². The lowest BCUT2D eigenvalue weighted by atomic mass is 10.1. The number of aryl methyl sites for hydroxylation is 1. The highest BCUT2D eigenvalue weighted by Gasteiger charge is 2.24. The molecule has 108 valence electrons. The topological polar surface area (TPSA) is 55.1 Å². The molecule has 0 spiro atoms. The molecule has 0 bridgehead atoms. The van der Waals surface area contributed by atoms with Gasteiger partial charge in [-0.2, -0.15) is 4.52 Å². The number of aromatic nitrogens is 4. The molecule has 4 rings (SSSR count). The minimum atomic E-state index is 0.433. The first kappa shape index (κ1) is 12.6. The lowest BCUT2D eigenvalue weighted by Crippen LogP contribution is -2.18. The second-order valence-electron chi connectivity index (χ2n) is 6.10. The van der Waals surface area contributed by atoms with E-state index in [1.165, 1.54) is 19.3 Å². The number of rotatable bonds is 4. The average Bonchev–Trinajstić information content (AvgIpc) is 3.22. The predicted molar refractivity (Wildman–Crippen MR) is 83.5 cm³/mol. The average molecular weight is 281 g/mol. The molecule has 1 aromatic carbocycles. The van der Waals surface area contributed by atoms with Crippen molar-refractivity contribution in [3.8, 4) is 0 Å². The number of nitrogens with zero attached hydrogens (tertiary/aromatic N) is 4. The molecule has 1 atom stereocenters. The Kier molecular flexibility index (Phi) is 2.80. The van der Waals surface area contributed by atoms with Crippen LogP contribution >= 0.6 is 0 Å². The Morgan fingerprint density at radius 2 is 2.00 bits per heavy atom. The van der Waals surface area contributed by atoms with E-state index in [0.29, 0.717) is 6.04 Å². The summed E-state index contributed by atoms with van der Waals surface area (Å²) < 4.78 is 1.83. The lowest BCUT2D eigenvalue weighted by molar-refractivity contribution is 0.638. The van der Waals surface area contributed by atoms with Crippen molar-refractivity contribution in [1.29, 1.82) is 0 Å². The third-order valence-corrected chi connectivity index (χ3v) is 4.19. The summed E-state index contributed by atoms with van der Waals surface area (Å²) in [5, 5.41) is 18.9. The summed E-state index contributed by atoms with van der Waals surface area (Å²) in [6.45, 7) is 4.16. The van der Waals surface area contributed by atoms with Crippen LogP contribution in [0.3, 0.4) is 0 Å². The van der Waals surface area contributed by atoms with Gasteiger partial charge in [0, 0.05) is 16.8 Å². The Balaban J connectivity index is 1.82. The van der Waals surface area contributed by atoms with Gasteiger partial charge in [-0.3, -0.25) is 0 Å². The van der Waals surface area contributed by atoms with E-state index in [9.17, 15) is 0 Å². The molecule has 1 unspecified atom stereocenters. The Bertz CT molecular complexity index is 803. The van der Waals surface area contributed by atoms with Crippen molar-refractivity contribution in [3.63, 3.8) is 0 Å². The maximum atomic E-state index is 4.71. The molecule has 1 saturated carbocycles. The summed E-state index contributed by atoms with van der Waals surface area (Å²) in [4.78, 5) is 0. The van der Waals surface area contributed by atoms with Gasteiger partial charge in [0.25, 0.3) is 0 Å². The van der Waals surface area contributed by atoms with Crippen molar-refractivity contribution in [2.24, 2.45) is 5.92 Å². The van der Waals surface area contributed by atoms with Gasteiger partial charge < -0.3 is 5.32 Å². The molecule has 0 radical (unpaired) electrons. The zero-order valence-corrected chi connectivity index (χ0v) is 12.4. The molecule has 5 heteroatoms. The molecule has 21 heavy (non-hydrogen) atoms. The maximum absolute atomic E-state index is 4.71. The van der Waals surface area contributed by atoms with Crippen LogP contribution in [0.15, 0.2) is 24.3 Å². The van der Waals surface area contributed by atoms with Crippen LogP contribution in [-0.2, 0) is 0 Å². The molecule has 0 saturated heterocycles. The van der Waals surface area contributed by atoms with Gasteiger partial charge in [-0.15, -0.1) is 15.3 Å². The fraction of sp³-hybridized carbons (Fsp3) is 0.438.